The van der Waals surface area contributed by atoms with Crippen LogP contribution in [0, 0.1) is 5.92 Å². The van der Waals surface area contributed by atoms with Crippen molar-refractivity contribution in [3.63, 3.8) is 0 Å². The molecule has 7 heteroatoms. The van der Waals surface area contributed by atoms with Gasteiger partial charge in [-0.1, -0.05) is 6.92 Å². The first-order valence-electron chi connectivity index (χ1n) is 7.11. The molecule has 118 valence electrons. The first-order chi connectivity index (χ1) is 9.41. The normalized spacial score (nSPS) is 22.6. The molecule has 6 nitrogen and oxygen atoms in total. The van der Waals surface area contributed by atoms with E-state index < -0.39 is 9.84 Å². The summed E-state index contributed by atoms with van der Waals surface area (Å²) in [5.41, 5.74) is 5.47. The minimum Gasteiger partial charge on any atom is -0.383 e. The summed E-state index contributed by atoms with van der Waals surface area (Å²) < 4.78 is 28.2. The molecule has 2 N–H and O–H groups in total. The van der Waals surface area contributed by atoms with Crippen molar-refractivity contribution in [2.75, 3.05) is 38.3 Å². The van der Waals surface area contributed by atoms with Gasteiger partial charge in [0.1, 0.15) is 0 Å². The number of ether oxygens (including phenoxy) is 1. The molecule has 0 aromatic rings. The Kier molecular flexibility index (Phi) is 6.91. The summed E-state index contributed by atoms with van der Waals surface area (Å²) in [6, 6.07) is -0.206. The molecule has 2 unspecified atom stereocenters. The Labute approximate surface area is 121 Å². The zero-order valence-electron chi connectivity index (χ0n) is 12.4. The van der Waals surface area contributed by atoms with E-state index in [2.05, 4.69) is 0 Å². The highest BCUT2D eigenvalue weighted by molar-refractivity contribution is 7.91. The minimum atomic E-state index is -3.00. The number of rotatable bonds is 8. The molecule has 0 radical (unpaired) electrons. The first-order valence-corrected chi connectivity index (χ1v) is 8.93. The van der Waals surface area contributed by atoms with Crippen LogP contribution in [0.25, 0.3) is 0 Å². The molecule has 0 aromatic heterocycles. The van der Waals surface area contributed by atoms with Crippen molar-refractivity contribution in [3.05, 3.63) is 0 Å². The average molecular weight is 306 g/mol. The lowest BCUT2D eigenvalue weighted by atomic mass is 10.0. The van der Waals surface area contributed by atoms with Gasteiger partial charge >= 0.3 is 0 Å². The van der Waals surface area contributed by atoms with E-state index in [9.17, 15) is 13.2 Å². The van der Waals surface area contributed by atoms with Crippen molar-refractivity contribution in [2.45, 2.75) is 32.2 Å². The number of sulfone groups is 1. The molecule has 0 bridgehead atoms. The topological polar surface area (TPSA) is 89.7 Å². The molecule has 20 heavy (non-hydrogen) atoms. The van der Waals surface area contributed by atoms with Gasteiger partial charge in [-0.05, 0) is 25.8 Å². The van der Waals surface area contributed by atoms with Crippen LogP contribution in [0.4, 0.5) is 0 Å². The van der Waals surface area contributed by atoms with Gasteiger partial charge in [-0.2, -0.15) is 0 Å². The summed E-state index contributed by atoms with van der Waals surface area (Å²) in [6.07, 6.45) is 2.06. The second kappa shape index (κ2) is 7.95. The molecule has 1 saturated heterocycles. The fraction of sp³-hybridized carbons (Fsp3) is 0.923. The predicted molar refractivity (Wildman–Crippen MR) is 78.1 cm³/mol. The zero-order valence-corrected chi connectivity index (χ0v) is 13.2. The maximum Gasteiger partial charge on any atom is 0.225 e. The fourth-order valence-corrected chi connectivity index (χ4v) is 4.24. The van der Waals surface area contributed by atoms with Crippen molar-refractivity contribution in [2.24, 2.45) is 11.7 Å². The Morgan fingerprint density at radius 1 is 1.50 bits per heavy atom. The molecule has 0 spiro atoms. The third-order valence-corrected chi connectivity index (χ3v) is 5.48. The average Bonchev–Trinajstić information content (AvgIpc) is 2.76. The van der Waals surface area contributed by atoms with Crippen LogP contribution in [0.2, 0.25) is 0 Å². The van der Waals surface area contributed by atoms with E-state index in [0.29, 0.717) is 26.1 Å². The number of hydrogen-bond donors (Lipinski definition) is 1. The third kappa shape index (κ3) is 5.03. The van der Waals surface area contributed by atoms with Crippen LogP contribution in [0.3, 0.4) is 0 Å². The molecule has 1 fully saturated rings. The standard InChI is InChI=1S/C13H26N2O4S/c1-11(4-3-6-14)13(16)15(7-8-19-2)12-5-9-20(17,18)10-12/h11-12H,3-10,14H2,1-2H3. The van der Waals surface area contributed by atoms with Crippen molar-refractivity contribution in [3.8, 4) is 0 Å². The van der Waals surface area contributed by atoms with E-state index in [0.717, 1.165) is 12.8 Å². The minimum absolute atomic E-state index is 0.0117. The Morgan fingerprint density at radius 2 is 2.20 bits per heavy atom. The summed E-state index contributed by atoms with van der Waals surface area (Å²) in [4.78, 5) is 14.2. The third-order valence-electron chi connectivity index (χ3n) is 3.73. The van der Waals surface area contributed by atoms with Crippen molar-refractivity contribution >= 4 is 15.7 Å². The number of nitrogens with two attached hydrogens (primary N) is 1. The molecular weight excluding hydrogens is 280 g/mol. The highest BCUT2D eigenvalue weighted by Gasteiger charge is 2.35. The number of methoxy groups -OCH3 is 1. The monoisotopic (exact) mass is 306 g/mol. The number of nitrogens with zero attached hydrogens (tertiary/aromatic N) is 1. The Balaban J connectivity index is 2.70. The highest BCUT2D eigenvalue weighted by atomic mass is 32.2. The lowest BCUT2D eigenvalue weighted by molar-refractivity contribution is -0.137. The SMILES string of the molecule is COCCN(C(=O)C(C)CCCN)C1CCS(=O)(=O)C1. The number of hydrogen-bond acceptors (Lipinski definition) is 5. The van der Waals surface area contributed by atoms with Gasteiger partial charge in [0.25, 0.3) is 0 Å². The van der Waals surface area contributed by atoms with Gasteiger partial charge in [0.2, 0.25) is 5.91 Å². The largest absolute Gasteiger partial charge is 0.383 e. The summed E-state index contributed by atoms with van der Waals surface area (Å²) in [6.45, 7) is 3.31. The summed E-state index contributed by atoms with van der Waals surface area (Å²) in [5.74, 6) is 0.133. The second-order valence-corrected chi connectivity index (χ2v) is 7.64. The van der Waals surface area contributed by atoms with Crippen molar-refractivity contribution in [1.29, 1.82) is 0 Å². The molecule has 1 rings (SSSR count). The number of carbonyl (C=O) groups is 1. The lowest BCUT2D eigenvalue weighted by Gasteiger charge is -2.30. The van der Waals surface area contributed by atoms with E-state index in [1.54, 1.807) is 12.0 Å². The van der Waals surface area contributed by atoms with Crippen LogP contribution in [0.5, 0.6) is 0 Å². The molecule has 1 amide bonds. The number of carbonyl (C=O) groups excluding carboxylic acids is 1. The Bertz CT molecular complexity index is 411. The van der Waals surface area contributed by atoms with E-state index in [4.69, 9.17) is 10.5 Å². The quantitative estimate of drug-likeness (QED) is 0.683. The molecule has 0 saturated carbocycles. The number of amides is 1. The fourth-order valence-electron chi connectivity index (χ4n) is 2.51. The van der Waals surface area contributed by atoms with Gasteiger partial charge in [0.05, 0.1) is 18.1 Å². The summed E-state index contributed by atoms with van der Waals surface area (Å²) >= 11 is 0. The smallest absolute Gasteiger partial charge is 0.225 e. The van der Waals surface area contributed by atoms with Crippen molar-refractivity contribution < 1.29 is 17.9 Å². The highest BCUT2D eigenvalue weighted by Crippen LogP contribution is 2.21. The summed E-state index contributed by atoms with van der Waals surface area (Å²) in [7, 11) is -1.42. The second-order valence-electron chi connectivity index (χ2n) is 5.41. The van der Waals surface area contributed by atoms with Crippen LogP contribution in [0.15, 0.2) is 0 Å². The van der Waals surface area contributed by atoms with Gasteiger partial charge in [0, 0.05) is 25.6 Å². The van der Waals surface area contributed by atoms with E-state index in [-0.39, 0.29) is 29.4 Å². The predicted octanol–water partition coefficient (Wildman–Crippen LogP) is 0.0235. The zero-order chi connectivity index (χ0) is 15.2. The van der Waals surface area contributed by atoms with Crippen LogP contribution in [-0.4, -0.2) is 63.6 Å². The first kappa shape index (κ1) is 17.4. The van der Waals surface area contributed by atoms with Gasteiger partial charge in [-0.15, -0.1) is 0 Å². The van der Waals surface area contributed by atoms with Crippen LogP contribution < -0.4 is 5.73 Å². The Hall–Kier alpha value is -0.660. The molecule has 0 aliphatic carbocycles. The van der Waals surface area contributed by atoms with Crippen LogP contribution >= 0.6 is 0 Å². The molecule has 0 aromatic carbocycles. The maximum absolute atomic E-state index is 12.5. The molecule has 1 aliphatic rings. The maximum atomic E-state index is 12.5. The molecule has 1 heterocycles. The van der Waals surface area contributed by atoms with E-state index in [1.807, 2.05) is 6.92 Å². The molecular formula is C13H26N2O4S. The van der Waals surface area contributed by atoms with Gasteiger partial charge in [-0.25, -0.2) is 8.42 Å². The lowest BCUT2D eigenvalue weighted by Crippen LogP contribution is -2.45. The van der Waals surface area contributed by atoms with Gasteiger partial charge in [-0.3, -0.25) is 4.79 Å². The van der Waals surface area contributed by atoms with Crippen LogP contribution in [0.1, 0.15) is 26.2 Å². The molecule has 2 atom stereocenters. The molecule has 1 aliphatic heterocycles. The van der Waals surface area contributed by atoms with Crippen LogP contribution in [-0.2, 0) is 19.4 Å². The van der Waals surface area contributed by atoms with Gasteiger partial charge in [0.15, 0.2) is 9.84 Å². The van der Waals surface area contributed by atoms with Crippen molar-refractivity contribution in [1.82, 2.24) is 4.90 Å². The van der Waals surface area contributed by atoms with Gasteiger partial charge < -0.3 is 15.4 Å². The Morgan fingerprint density at radius 3 is 2.70 bits per heavy atom. The van der Waals surface area contributed by atoms with E-state index >= 15 is 0 Å². The van der Waals surface area contributed by atoms with E-state index in [1.165, 1.54) is 0 Å². The summed E-state index contributed by atoms with van der Waals surface area (Å²) in [5, 5.41) is 0.